The molecule has 5 rings (SSSR count). The third-order valence-corrected chi connectivity index (χ3v) is 11.6. The molecule has 1 saturated carbocycles. The second-order valence-corrected chi connectivity index (χ2v) is 17.6. The quantitative estimate of drug-likeness (QED) is 0.268. The summed E-state index contributed by atoms with van der Waals surface area (Å²) in [6.07, 6.45) is 4.96. The zero-order chi connectivity index (χ0) is 34.1. The first kappa shape index (κ1) is 35.6. The van der Waals surface area contributed by atoms with Gasteiger partial charge in [0.1, 0.15) is 11.9 Å². The van der Waals surface area contributed by atoms with Crippen molar-refractivity contribution in [2.45, 2.75) is 93.5 Å². The maximum Gasteiger partial charge on any atom is 0.239 e. The molecule has 2 aromatic carbocycles. The van der Waals surface area contributed by atoms with Crippen LogP contribution in [-0.4, -0.2) is 89.3 Å². The van der Waals surface area contributed by atoms with E-state index < -0.39 is 68.1 Å². The van der Waals surface area contributed by atoms with Crippen LogP contribution in [0, 0.1) is 17.7 Å². The number of likely N-dealkylation sites (tertiary alicyclic amines) is 1. The molecule has 2 amide bonds. The van der Waals surface area contributed by atoms with Crippen molar-refractivity contribution in [3.8, 4) is 0 Å². The fourth-order valence-electron chi connectivity index (χ4n) is 7.28. The minimum absolute atomic E-state index is 0.0790. The lowest BCUT2D eigenvalue weighted by Gasteiger charge is -2.47. The van der Waals surface area contributed by atoms with Gasteiger partial charge >= 0.3 is 0 Å². The van der Waals surface area contributed by atoms with Gasteiger partial charge in [0, 0.05) is 29.4 Å². The lowest BCUT2D eigenvalue weighted by Crippen LogP contribution is -2.61. The molecule has 1 aliphatic heterocycles. The smallest absolute Gasteiger partial charge is 0.239 e. The van der Waals surface area contributed by atoms with Crippen LogP contribution in [0.3, 0.4) is 0 Å². The van der Waals surface area contributed by atoms with Gasteiger partial charge in [-0.2, -0.15) is 0 Å². The Morgan fingerprint density at radius 2 is 1.66 bits per heavy atom. The van der Waals surface area contributed by atoms with E-state index in [1.807, 2.05) is 45.0 Å². The predicted octanol–water partition coefficient (Wildman–Crippen LogP) is 2.64. The summed E-state index contributed by atoms with van der Waals surface area (Å²) in [6.45, 7) is 6.62. The molecule has 0 radical (unpaired) electrons. The topological polar surface area (TPSA) is 145 Å². The monoisotopic (exact) mass is 690 g/mol. The number of nitrogens with zero attached hydrogens (tertiary/aromatic N) is 1. The molecular weight excluding hydrogens is 644 g/mol. The van der Waals surface area contributed by atoms with Gasteiger partial charge in [0.05, 0.1) is 41.0 Å². The van der Waals surface area contributed by atoms with Crippen molar-refractivity contribution < 1.29 is 31.7 Å². The number of aliphatic hydroxyl groups excluding tert-OH is 1. The number of fused-ring (bicyclic) bond motifs is 2. The molecule has 4 N–H and O–H groups in total. The van der Waals surface area contributed by atoms with Crippen LogP contribution in [0.15, 0.2) is 53.4 Å². The Labute approximate surface area is 279 Å². The first-order valence-corrected chi connectivity index (χ1v) is 19.6. The highest BCUT2D eigenvalue weighted by Gasteiger charge is 2.46. The highest BCUT2D eigenvalue weighted by atomic mass is 32.2. The molecule has 2 aliphatic carbocycles. The Hall–Kier alpha value is -2.71. The largest absolute Gasteiger partial charge is 0.390 e. The van der Waals surface area contributed by atoms with E-state index in [4.69, 9.17) is 0 Å². The number of β-amino-alcohol motifs (C(OH)–C–C–N with tert-alkyl or cyclic N) is 1. The summed E-state index contributed by atoms with van der Waals surface area (Å²) in [6, 6.07) is 9.88. The summed E-state index contributed by atoms with van der Waals surface area (Å²) >= 11 is 0. The van der Waals surface area contributed by atoms with Gasteiger partial charge in [0.2, 0.25) is 21.8 Å². The molecule has 258 valence electrons. The van der Waals surface area contributed by atoms with Crippen molar-refractivity contribution in [3.63, 3.8) is 0 Å². The van der Waals surface area contributed by atoms with E-state index in [1.165, 1.54) is 12.1 Å². The summed E-state index contributed by atoms with van der Waals surface area (Å²) in [5.74, 6) is -1.16. The standard InChI is InChI=1S/C34H47FN4O6S2/c1-34(2,3)37-33(42)28-17-21-9-5-6-10-22(21)18-39(28)19-29(40)31(30-25-11-7-8-12-26(25)30)36-32(41)27(38-47(4,44)45)20-46(43)24-15-13-23(35)14-16-24/h7-8,11-16,21-22,27-31,38,40H,5-6,9-10,17-20H2,1-4H3,(H,36,41)(H,37,42). The van der Waals surface area contributed by atoms with Gasteiger partial charge in [-0.15, -0.1) is 0 Å². The molecule has 2 aromatic rings. The average Bonchev–Trinajstić information content (AvgIpc) is 3.71. The summed E-state index contributed by atoms with van der Waals surface area (Å²) in [5, 5.41) is 17.9. The number of amides is 2. The number of carbonyl (C=O) groups excluding carboxylic acids is 2. The number of carbonyl (C=O) groups is 2. The van der Waals surface area contributed by atoms with Crippen molar-refractivity contribution >= 4 is 32.6 Å². The van der Waals surface area contributed by atoms with Gasteiger partial charge in [0.25, 0.3) is 0 Å². The Bertz CT molecular complexity index is 1560. The molecule has 10 nitrogen and oxygen atoms in total. The van der Waals surface area contributed by atoms with Crippen molar-refractivity contribution in [2.24, 2.45) is 11.8 Å². The number of nitrogens with one attached hydrogen (secondary N) is 3. The van der Waals surface area contributed by atoms with Crippen LogP contribution < -0.4 is 15.4 Å². The number of rotatable bonds is 12. The van der Waals surface area contributed by atoms with Gasteiger partial charge < -0.3 is 15.7 Å². The molecule has 47 heavy (non-hydrogen) atoms. The van der Waals surface area contributed by atoms with E-state index in [1.54, 1.807) is 0 Å². The molecule has 2 fully saturated rings. The molecular formula is C34H47FN4O6S2. The number of benzene rings is 2. The molecule has 0 bridgehead atoms. The minimum Gasteiger partial charge on any atom is -0.390 e. The van der Waals surface area contributed by atoms with E-state index in [-0.39, 0.29) is 23.3 Å². The first-order chi connectivity index (χ1) is 22.1. The van der Waals surface area contributed by atoms with Crippen molar-refractivity contribution in [2.75, 3.05) is 25.1 Å². The van der Waals surface area contributed by atoms with Crippen LogP contribution in [0.5, 0.6) is 0 Å². The zero-order valence-corrected chi connectivity index (χ0v) is 29.1. The van der Waals surface area contributed by atoms with Gasteiger partial charge in [-0.3, -0.25) is 18.7 Å². The molecule has 1 heterocycles. The van der Waals surface area contributed by atoms with Gasteiger partial charge in [0.15, 0.2) is 0 Å². The van der Waals surface area contributed by atoms with Gasteiger partial charge in [-0.1, -0.05) is 43.5 Å². The number of aliphatic hydroxyl groups is 1. The Morgan fingerprint density at radius 1 is 1.04 bits per heavy atom. The number of sulfonamides is 1. The molecule has 1 saturated heterocycles. The summed E-state index contributed by atoms with van der Waals surface area (Å²) in [5.41, 5.74) is 1.51. The van der Waals surface area contributed by atoms with Gasteiger partial charge in [-0.25, -0.2) is 17.5 Å². The predicted molar refractivity (Wildman–Crippen MR) is 179 cm³/mol. The van der Waals surface area contributed by atoms with E-state index in [0.29, 0.717) is 24.8 Å². The number of piperidine rings is 1. The molecule has 7 atom stereocenters. The minimum atomic E-state index is -3.90. The lowest BCUT2D eigenvalue weighted by atomic mass is 9.72. The fraction of sp³-hybridized carbons (Fsp3) is 0.588. The third kappa shape index (κ3) is 9.26. The van der Waals surface area contributed by atoms with E-state index in [9.17, 15) is 31.7 Å². The molecule has 0 spiro atoms. The Balaban J connectivity index is 1.38. The SMILES string of the molecule is CC(C)(C)NC(=O)C1CC2CCCCC2CN1CC(O)C(NC(=O)C(CS(=O)c1ccc(F)cc1)NS(C)(=O)=O)C1c2ccccc21. The summed E-state index contributed by atoms with van der Waals surface area (Å²) in [4.78, 5) is 29.7. The number of hydrogen-bond donors (Lipinski definition) is 4. The van der Waals surface area contributed by atoms with Crippen molar-refractivity contribution in [1.82, 2.24) is 20.3 Å². The molecule has 13 heteroatoms. The summed E-state index contributed by atoms with van der Waals surface area (Å²) < 4.78 is 53.5. The van der Waals surface area contributed by atoms with Crippen LogP contribution in [0.4, 0.5) is 4.39 Å². The van der Waals surface area contributed by atoms with Crippen LogP contribution in [0.1, 0.15) is 69.9 Å². The highest BCUT2D eigenvalue weighted by molar-refractivity contribution is 7.89. The maximum atomic E-state index is 13.8. The molecule has 0 aromatic heterocycles. The normalized spacial score (nSPS) is 24.3. The average molecular weight is 691 g/mol. The van der Waals surface area contributed by atoms with E-state index in [0.717, 1.165) is 55.2 Å². The first-order valence-electron chi connectivity index (χ1n) is 16.3. The van der Waals surface area contributed by atoms with Gasteiger partial charge in [-0.05, 0) is 80.8 Å². The van der Waals surface area contributed by atoms with Crippen LogP contribution in [0.25, 0.3) is 0 Å². The van der Waals surface area contributed by atoms with E-state index in [2.05, 4.69) is 20.3 Å². The highest BCUT2D eigenvalue weighted by Crippen LogP contribution is 2.47. The number of halogens is 1. The molecule has 3 aliphatic rings. The summed E-state index contributed by atoms with van der Waals surface area (Å²) in [7, 11) is -5.74. The zero-order valence-electron chi connectivity index (χ0n) is 27.4. The molecule has 7 unspecified atom stereocenters. The van der Waals surface area contributed by atoms with Crippen LogP contribution in [0.2, 0.25) is 0 Å². The third-order valence-electron chi connectivity index (χ3n) is 9.46. The second-order valence-electron chi connectivity index (χ2n) is 14.4. The lowest BCUT2D eigenvalue weighted by molar-refractivity contribution is -0.133. The van der Waals surface area contributed by atoms with E-state index >= 15 is 0 Å². The fourth-order valence-corrected chi connectivity index (χ4v) is 9.27. The van der Waals surface area contributed by atoms with Crippen molar-refractivity contribution in [1.29, 1.82) is 0 Å². The Morgan fingerprint density at radius 3 is 2.26 bits per heavy atom. The van der Waals surface area contributed by atoms with Crippen molar-refractivity contribution in [3.05, 3.63) is 65.5 Å². The van der Waals surface area contributed by atoms with Crippen LogP contribution in [-0.2, 0) is 30.4 Å². The van der Waals surface area contributed by atoms with Crippen LogP contribution >= 0.6 is 0 Å². The Kier molecular flexibility index (Phi) is 10.9. The second kappa shape index (κ2) is 14.4. The maximum absolute atomic E-state index is 13.8. The number of hydrogen-bond acceptors (Lipinski definition) is 7.